The highest BCUT2D eigenvalue weighted by Crippen LogP contribution is 2.32. The van der Waals surface area contributed by atoms with E-state index >= 15 is 0 Å². The largest absolute Gasteiger partial charge is 0.462 e. The number of carbonyl (C=O) groups is 3. The van der Waals surface area contributed by atoms with E-state index in [0.29, 0.717) is 35.7 Å². The number of urea groups is 1. The van der Waals surface area contributed by atoms with Gasteiger partial charge in [-0.25, -0.2) is 9.59 Å². The lowest BCUT2D eigenvalue weighted by atomic mass is 9.94. The molecule has 0 spiro atoms. The average Bonchev–Trinajstić information content (AvgIpc) is 2.89. The quantitative estimate of drug-likeness (QED) is 0.370. The first-order valence-corrected chi connectivity index (χ1v) is 12.6. The van der Waals surface area contributed by atoms with E-state index in [0.717, 1.165) is 22.8 Å². The fourth-order valence-electron chi connectivity index (χ4n) is 4.40. The summed E-state index contributed by atoms with van der Waals surface area (Å²) in [6.07, 6.45) is 0.759. The van der Waals surface area contributed by atoms with Gasteiger partial charge in [0.05, 0.1) is 18.2 Å². The minimum absolute atomic E-state index is 0.193. The van der Waals surface area contributed by atoms with E-state index in [4.69, 9.17) is 4.74 Å². The van der Waals surface area contributed by atoms with E-state index in [-0.39, 0.29) is 17.9 Å². The number of hydrogen-bond donors (Lipinski definition) is 2. The molecule has 0 saturated carbocycles. The van der Waals surface area contributed by atoms with Crippen molar-refractivity contribution in [3.63, 3.8) is 0 Å². The van der Waals surface area contributed by atoms with Crippen LogP contribution in [0.15, 0.2) is 78.0 Å². The number of carbonyl (C=O) groups excluding carboxylic acids is 3. The Morgan fingerprint density at radius 1 is 1.03 bits per heavy atom. The van der Waals surface area contributed by atoms with Gasteiger partial charge in [0.15, 0.2) is 0 Å². The number of rotatable bonds is 8. The van der Waals surface area contributed by atoms with Crippen LogP contribution in [-0.4, -0.2) is 36.0 Å². The van der Waals surface area contributed by atoms with Gasteiger partial charge in [0.1, 0.15) is 0 Å². The second-order valence-corrected chi connectivity index (χ2v) is 9.66. The van der Waals surface area contributed by atoms with E-state index < -0.39 is 12.0 Å². The zero-order chi connectivity index (χ0) is 26.5. The molecule has 7 nitrogen and oxygen atoms in total. The highest BCUT2D eigenvalue weighted by atomic mass is 16.5. The molecular weight excluding hydrogens is 466 g/mol. The number of fused-ring (bicyclic) bond motifs is 1. The number of benzene rings is 3. The highest BCUT2D eigenvalue weighted by molar-refractivity contribution is 6.06. The highest BCUT2D eigenvalue weighted by Gasteiger charge is 2.36. The molecule has 1 aliphatic heterocycles. The van der Waals surface area contributed by atoms with Gasteiger partial charge in [0.25, 0.3) is 5.91 Å². The Bertz CT molecular complexity index is 1340. The molecule has 0 fully saturated rings. The summed E-state index contributed by atoms with van der Waals surface area (Å²) in [4.78, 5) is 40.4. The number of nitrogens with zero attached hydrogens (tertiary/aromatic N) is 1. The van der Waals surface area contributed by atoms with E-state index in [9.17, 15) is 14.4 Å². The van der Waals surface area contributed by atoms with Gasteiger partial charge in [-0.2, -0.15) is 0 Å². The lowest BCUT2D eigenvalue weighted by Gasteiger charge is -2.35. The van der Waals surface area contributed by atoms with Gasteiger partial charge in [-0.15, -0.1) is 0 Å². The van der Waals surface area contributed by atoms with Crippen molar-refractivity contribution < 1.29 is 19.1 Å². The number of hydrogen-bond acceptors (Lipinski definition) is 4. The molecular formula is C30H33N3O4. The van der Waals surface area contributed by atoms with Gasteiger partial charge in [0.2, 0.25) is 0 Å². The van der Waals surface area contributed by atoms with Crippen molar-refractivity contribution in [1.82, 2.24) is 10.2 Å². The fourth-order valence-corrected chi connectivity index (χ4v) is 4.40. The Morgan fingerprint density at radius 3 is 2.41 bits per heavy atom. The third-order valence-corrected chi connectivity index (χ3v) is 6.32. The maximum Gasteiger partial charge on any atom is 0.338 e. The van der Waals surface area contributed by atoms with Gasteiger partial charge < -0.3 is 15.4 Å². The zero-order valence-electron chi connectivity index (χ0n) is 21.7. The summed E-state index contributed by atoms with van der Waals surface area (Å²) in [5.41, 5.74) is 2.91. The molecule has 1 unspecified atom stereocenters. The maximum atomic E-state index is 13.1. The van der Waals surface area contributed by atoms with E-state index in [1.54, 1.807) is 42.2 Å². The number of allylic oxidation sites excluding steroid dienone is 1. The molecule has 7 heteroatoms. The van der Waals surface area contributed by atoms with Crippen molar-refractivity contribution in [3.8, 4) is 0 Å². The first-order valence-electron chi connectivity index (χ1n) is 12.6. The smallest absolute Gasteiger partial charge is 0.338 e. The Labute approximate surface area is 217 Å². The van der Waals surface area contributed by atoms with E-state index in [1.807, 2.05) is 57.2 Å². The van der Waals surface area contributed by atoms with E-state index in [1.165, 1.54) is 0 Å². The van der Waals surface area contributed by atoms with Crippen LogP contribution in [0.4, 0.5) is 10.5 Å². The van der Waals surface area contributed by atoms with Crippen LogP contribution in [0.3, 0.4) is 0 Å². The van der Waals surface area contributed by atoms with Gasteiger partial charge in [-0.05, 0) is 59.9 Å². The minimum Gasteiger partial charge on any atom is -0.462 e. The predicted molar refractivity (Wildman–Crippen MR) is 145 cm³/mol. The summed E-state index contributed by atoms with van der Waals surface area (Å²) in [5, 5.41) is 7.95. The monoisotopic (exact) mass is 499 g/mol. The summed E-state index contributed by atoms with van der Waals surface area (Å²) in [6, 6.07) is 19.7. The van der Waals surface area contributed by atoms with Crippen LogP contribution >= 0.6 is 0 Å². The summed E-state index contributed by atoms with van der Waals surface area (Å²) in [5.74, 6) is -0.460. The first kappa shape index (κ1) is 25.9. The van der Waals surface area contributed by atoms with Gasteiger partial charge in [-0.3, -0.25) is 9.69 Å². The van der Waals surface area contributed by atoms with Crippen molar-refractivity contribution in [2.75, 3.05) is 18.5 Å². The third-order valence-electron chi connectivity index (χ3n) is 6.32. The molecule has 0 saturated heterocycles. The first-order chi connectivity index (χ1) is 17.8. The topological polar surface area (TPSA) is 87.7 Å². The third kappa shape index (κ3) is 5.82. The zero-order valence-corrected chi connectivity index (χ0v) is 21.7. The van der Waals surface area contributed by atoms with Crippen LogP contribution in [0, 0.1) is 5.92 Å². The summed E-state index contributed by atoms with van der Waals surface area (Å²) < 4.78 is 5.55. The molecule has 0 bridgehead atoms. The molecule has 3 aromatic carbocycles. The van der Waals surface area contributed by atoms with Crippen molar-refractivity contribution in [2.24, 2.45) is 5.92 Å². The van der Waals surface area contributed by atoms with Crippen molar-refractivity contribution in [2.45, 2.75) is 40.2 Å². The molecule has 1 atom stereocenters. The average molecular weight is 500 g/mol. The van der Waals surface area contributed by atoms with Gasteiger partial charge in [0, 0.05) is 23.5 Å². The number of nitrogens with one attached hydrogen (secondary N) is 2. The molecule has 192 valence electrons. The molecule has 4 rings (SSSR count). The van der Waals surface area contributed by atoms with Crippen LogP contribution in [0.1, 0.15) is 56.1 Å². The Hall–Kier alpha value is -4.13. The number of ether oxygens (including phenoxy) is 1. The number of anilines is 1. The molecule has 37 heavy (non-hydrogen) atoms. The molecule has 3 amide bonds. The van der Waals surface area contributed by atoms with E-state index in [2.05, 4.69) is 10.6 Å². The van der Waals surface area contributed by atoms with Crippen molar-refractivity contribution in [3.05, 3.63) is 89.1 Å². The Balaban J connectivity index is 1.56. The normalized spacial score (nSPS) is 15.6. The molecule has 1 aliphatic rings. The van der Waals surface area contributed by atoms with Crippen LogP contribution < -0.4 is 10.6 Å². The molecule has 0 radical (unpaired) electrons. The SMILES string of the molecule is CCCN1C(=O)NC(c2ccc(NC(=O)c3ccc4ccccc4c3)cc2)C(C(=O)OCC(C)C)=C1C. The number of amides is 3. The predicted octanol–water partition coefficient (Wildman–Crippen LogP) is 6.04. The summed E-state index contributed by atoms with van der Waals surface area (Å²) in [7, 11) is 0. The standard InChI is InChI=1S/C30H33N3O4/c1-5-16-33-20(4)26(29(35)37-18-19(2)3)27(32-30(33)36)22-12-14-25(15-13-22)31-28(34)24-11-10-21-8-6-7-9-23(21)17-24/h6-15,17,19,27H,5,16,18H2,1-4H3,(H,31,34)(H,32,36). The van der Waals surface area contributed by atoms with Gasteiger partial charge in [-0.1, -0.05) is 63.2 Å². The fraction of sp³-hybridized carbons (Fsp3) is 0.300. The van der Waals surface area contributed by atoms with Crippen LogP contribution in [0.2, 0.25) is 0 Å². The molecule has 3 aromatic rings. The number of esters is 1. The minimum atomic E-state index is -0.648. The molecule has 1 heterocycles. The van der Waals surface area contributed by atoms with Crippen LogP contribution in [0.25, 0.3) is 10.8 Å². The molecule has 0 aliphatic carbocycles. The van der Waals surface area contributed by atoms with Crippen LogP contribution in [-0.2, 0) is 9.53 Å². The Kier molecular flexibility index (Phi) is 7.92. The van der Waals surface area contributed by atoms with Crippen molar-refractivity contribution in [1.29, 1.82) is 0 Å². The lowest BCUT2D eigenvalue weighted by molar-refractivity contribution is -0.140. The lowest BCUT2D eigenvalue weighted by Crippen LogP contribution is -2.48. The second-order valence-electron chi connectivity index (χ2n) is 9.66. The summed E-state index contributed by atoms with van der Waals surface area (Å²) >= 11 is 0. The molecule has 0 aromatic heterocycles. The van der Waals surface area contributed by atoms with Crippen LogP contribution in [0.5, 0.6) is 0 Å². The second kappa shape index (κ2) is 11.3. The maximum absolute atomic E-state index is 13.1. The Morgan fingerprint density at radius 2 is 1.73 bits per heavy atom. The molecule has 2 N–H and O–H groups in total. The van der Waals surface area contributed by atoms with Crippen molar-refractivity contribution >= 4 is 34.4 Å². The summed E-state index contributed by atoms with van der Waals surface area (Å²) in [6.45, 7) is 8.51. The van der Waals surface area contributed by atoms with Gasteiger partial charge >= 0.3 is 12.0 Å².